The molecule has 0 radical (unpaired) electrons. The number of nitrogens with zero attached hydrogens (tertiary/aromatic N) is 2. The molecule has 1 aliphatic rings. The summed E-state index contributed by atoms with van der Waals surface area (Å²) in [5.41, 5.74) is 3.95. The van der Waals surface area contributed by atoms with Gasteiger partial charge in [-0.1, -0.05) is 42.5 Å². The number of nitrogens with one attached hydrogen (secondary N) is 1. The number of H-pyrrole nitrogens is 1. The van der Waals surface area contributed by atoms with Crippen molar-refractivity contribution >= 4 is 0 Å². The van der Waals surface area contributed by atoms with Crippen LogP contribution in [0.3, 0.4) is 0 Å². The van der Waals surface area contributed by atoms with Gasteiger partial charge in [-0.15, -0.1) is 0 Å². The van der Waals surface area contributed by atoms with E-state index < -0.39 is 0 Å². The second-order valence-electron chi connectivity index (χ2n) is 7.64. The summed E-state index contributed by atoms with van der Waals surface area (Å²) in [7, 11) is 0. The Hall–Kier alpha value is -2.59. The Bertz CT molecular complexity index is 828. The van der Waals surface area contributed by atoms with Crippen LogP contribution in [0, 0.1) is 0 Å². The number of aromatic amines is 1. The van der Waals surface area contributed by atoms with Gasteiger partial charge in [0.05, 0.1) is 6.10 Å². The van der Waals surface area contributed by atoms with Gasteiger partial charge in [0.2, 0.25) is 0 Å². The molecule has 1 saturated heterocycles. The zero-order valence-electron chi connectivity index (χ0n) is 16.0. The lowest BCUT2D eigenvalue weighted by Crippen LogP contribution is -2.20. The molecule has 4 nitrogen and oxygen atoms in total. The van der Waals surface area contributed by atoms with Crippen molar-refractivity contribution in [3.05, 3.63) is 83.7 Å². The molecular weight excluding hydrogens is 334 g/mol. The van der Waals surface area contributed by atoms with Crippen molar-refractivity contribution in [1.29, 1.82) is 0 Å². The van der Waals surface area contributed by atoms with Crippen LogP contribution in [0.15, 0.2) is 66.9 Å². The zero-order valence-corrected chi connectivity index (χ0v) is 16.0. The van der Waals surface area contributed by atoms with Crippen molar-refractivity contribution < 1.29 is 4.74 Å². The van der Waals surface area contributed by atoms with E-state index in [1.165, 1.54) is 16.8 Å². The molecule has 2 atom stereocenters. The minimum Gasteiger partial charge on any atom is -0.491 e. The highest BCUT2D eigenvalue weighted by Crippen LogP contribution is 2.39. The quantitative estimate of drug-likeness (QED) is 0.699. The van der Waals surface area contributed by atoms with Crippen LogP contribution in [-0.2, 0) is 6.54 Å². The monoisotopic (exact) mass is 361 g/mol. The lowest BCUT2D eigenvalue weighted by molar-refractivity contribution is 0.242. The van der Waals surface area contributed by atoms with Crippen LogP contribution in [0.2, 0.25) is 0 Å². The summed E-state index contributed by atoms with van der Waals surface area (Å²) in [6, 6.07) is 21.5. The molecule has 3 aromatic rings. The van der Waals surface area contributed by atoms with Crippen molar-refractivity contribution in [2.45, 2.75) is 38.3 Å². The molecular formula is C23H27N3O. The van der Waals surface area contributed by atoms with Crippen molar-refractivity contribution in [2.24, 2.45) is 0 Å². The standard InChI is InChI=1S/C23H27N3O/c1-17(2)27-20-10-8-18(9-11-20)14-26-15-21(19-6-4-3-5-7-19)22(16-26)23-12-13-24-25-23/h3-13,17,21-22H,14-16H2,1-2H3,(H,24,25)/t21-,22+/m0/s1. The van der Waals surface area contributed by atoms with Crippen molar-refractivity contribution in [1.82, 2.24) is 15.1 Å². The van der Waals surface area contributed by atoms with Gasteiger partial charge in [-0.2, -0.15) is 5.10 Å². The minimum atomic E-state index is 0.205. The van der Waals surface area contributed by atoms with E-state index in [0.29, 0.717) is 11.8 Å². The molecule has 1 aliphatic heterocycles. The maximum absolute atomic E-state index is 5.76. The highest BCUT2D eigenvalue weighted by molar-refractivity contribution is 5.30. The molecule has 0 aliphatic carbocycles. The van der Waals surface area contributed by atoms with Gasteiger partial charge in [0.1, 0.15) is 5.75 Å². The fourth-order valence-electron chi connectivity index (χ4n) is 4.04. The number of hydrogen-bond donors (Lipinski definition) is 1. The van der Waals surface area contributed by atoms with E-state index in [9.17, 15) is 0 Å². The van der Waals surface area contributed by atoms with Gasteiger partial charge < -0.3 is 4.74 Å². The van der Waals surface area contributed by atoms with Gasteiger partial charge in [0.25, 0.3) is 0 Å². The van der Waals surface area contributed by atoms with Gasteiger partial charge >= 0.3 is 0 Å². The fourth-order valence-corrected chi connectivity index (χ4v) is 4.04. The van der Waals surface area contributed by atoms with Crippen LogP contribution in [0.1, 0.15) is 42.5 Å². The predicted octanol–water partition coefficient (Wildman–Crippen LogP) is 4.58. The Labute approximate surface area is 161 Å². The molecule has 0 saturated carbocycles. The number of hydrogen-bond acceptors (Lipinski definition) is 3. The molecule has 2 heterocycles. The van der Waals surface area contributed by atoms with Crippen LogP contribution in [-0.4, -0.2) is 34.3 Å². The molecule has 4 rings (SSSR count). The molecule has 140 valence electrons. The highest BCUT2D eigenvalue weighted by atomic mass is 16.5. The first-order valence-electron chi connectivity index (χ1n) is 9.71. The normalized spacial score (nSPS) is 20.3. The SMILES string of the molecule is CC(C)Oc1ccc(CN2C[C@@H](c3ccccc3)[C@H](c3ccn[nH]3)C2)cc1. The van der Waals surface area contributed by atoms with Gasteiger partial charge in [-0.3, -0.25) is 10.00 Å². The first-order valence-corrected chi connectivity index (χ1v) is 9.71. The maximum atomic E-state index is 5.76. The second-order valence-corrected chi connectivity index (χ2v) is 7.64. The maximum Gasteiger partial charge on any atom is 0.119 e. The average molecular weight is 361 g/mol. The third kappa shape index (κ3) is 4.22. The number of rotatable bonds is 6. The van der Waals surface area contributed by atoms with E-state index in [0.717, 1.165) is 25.4 Å². The Morgan fingerprint density at radius 1 is 1.00 bits per heavy atom. The third-order valence-electron chi connectivity index (χ3n) is 5.25. The first-order chi connectivity index (χ1) is 13.2. The van der Waals surface area contributed by atoms with Crippen LogP contribution >= 0.6 is 0 Å². The first kappa shape index (κ1) is 17.8. The van der Waals surface area contributed by atoms with Gasteiger partial charge in [0.15, 0.2) is 0 Å². The molecule has 4 heteroatoms. The topological polar surface area (TPSA) is 41.1 Å². The number of benzene rings is 2. The Kier molecular flexibility index (Phi) is 5.26. The zero-order chi connectivity index (χ0) is 18.6. The fraction of sp³-hybridized carbons (Fsp3) is 0.348. The molecule has 0 bridgehead atoms. The number of ether oxygens (including phenoxy) is 1. The van der Waals surface area contributed by atoms with Crippen molar-refractivity contribution in [3.63, 3.8) is 0 Å². The van der Waals surface area contributed by atoms with Crippen molar-refractivity contribution in [3.8, 4) is 5.75 Å². The summed E-state index contributed by atoms with van der Waals surface area (Å²) < 4.78 is 5.76. The van der Waals surface area contributed by atoms with E-state index in [-0.39, 0.29) is 6.10 Å². The van der Waals surface area contributed by atoms with Gasteiger partial charge in [-0.05, 0) is 43.2 Å². The van der Waals surface area contributed by atoms with Gasteiger partial charge in [0, 0.05) is 43.4 Å². The molecule has 0 unspecified atom stereocenters. The Balaban J connectivity index is 1.49. The van der Waals surface area contributed by atoms with E-state index in [1.54, 1.807) is 0 Å². The minimum absolute atomic E-state index is 0.205. The molecule has 1 fully saturated rings. The summed E-state index contributed by atoms with van der Waals surface area (Å²) in [5.74, 6) is 1.86. The van der Waals surface area contributed by atoms with Crippen LogP contribution in [0.4, 0.5) is 0 Å². The third-order valence-corrected chi connectivity index (χ3v) is 5.25. The van der Waals surface area contributed by atoms with Crippen LogP contribution < -0.4 is 4.74 Å². The van der Waals surface area contributed by atoms with E-state index >= 15 is 0 Å². The van der Waals surface area contributed by atoms with Gasteiger partial charge in [-0.25, -0.2) is 0 Å². The predicted molar refractivity (Wildman–Crippen MR) is 108 cm³/mol. The largest absolute Gasteiger partial charge is 0.491 e. The van der Waals surface area contributed by atoms with Crippen LogP contribution in [0.25, 0.3) is 0 Å². The number of aromatic nitrogens is 2. The van der Waals surface area contributed by atoms with E-state index in [2.05, 4.69) is 89.6 Å². The molecule has 27 heavy (non-hydrogen) atoms. The second kappa shape index (κ2) is 7.97. The van der Waals surface area contributed by atoms with E-state index in [1.807, 2.05) is 6.20 Å². The molecule has 0 amide bonds. The highest BCUT2D eigenvalue weighted by Gasteiger charge is 2.35. The van der Waals surface area contributed by atoms with Crippen molar-refractivity contribution in [2.75, 3.05) is 13.1 Å². The smallest absolute Gasteiger partial charge is 0.119 e. The summed E-state index contributed by atoms with van der Waals surface area (Å²) in [6.45, 7) is 7.15. The Morgan fingerprint density at radius 3 is 2.41 bits per heavy atom. The average Bonchev–Trinajstić information content (AvgIpc) is 3.33. The Morgan fingerprint density at radius 2 is 1.74 bits per heavy atom. The molecule has 1 aromatic heterocycles. The number of likely N-dealkylation sites (tertiary alicyclic amines) is 1. The molecule has 2 aromatic carbocycles. The lowest BCUT2D eigenvalue weighted by atomic mass is 9.87. The van der Waals surface area contributed by atoms with Crippen LogP contribution in [0.5, 0.6) is 5.75 Å². The summed E-state index contributed by atoms with van der Waals surface area (Å²) in [4.78, 5) is 2.54. The van der Waals surface area contributed by atoms with E-state index in [4.69, 9.17) is 4.74 Å². The summed E-state index contributed by atoms with van der Waals surface area (Å²) in [5, 5.41) is 7.38. The summed E-state index contributed by atoms with van der Waals surface area (Å²) in [6.07, 6.45) is 2.06. The molecule has 0 spiro atoms. The molecule has 1 N–H and O–H groups in total. The summed E-state index contributed by atoms with van der Waals surface area (Å²) >= 11 is 0. The lowest BCUT2D eigenvalue weighted by Gasteiger charge is -2.17.